The molecule has 0 radical (unpaired) electrons. The van der Waals surface area contributed by atoms with Crippen LogP contribution in [0.1, 0.15) is 12.8 Å². The van der Waals surface area contributed by atoms with Gasteiger partial charge in [-0.3, -0.25) is 14.2 Å². The van der Waals surface area contributed by atoms with Crippen molar-refractivity contribution in [3.63, 3.8) is 0 Å². The van der Waals surface area contributed by atoms with Crippen LogP contribution in [-0.2, 0) is 23.6 Å². The van der Waals surface area contributed by atoms with Crippen molar-refractivity contribution in [2.24, 2.45) is 5.73 Å². The van der Waals surface area contributed by atoms with Crippen molar-refractivity contribution in [3.8, 4) is 0 Å². The summed E-state index contributed by atoms with van der Waals surface area (Å²) < 4.78 is 19.6. The molecule has 9 heteroatoms. The van der Waals surface area contributed by atoms with Gasteiger partial charge in [0.1, 0.15) is 5.28 Å². The fourth-order valence-electron chi connectivity index (χ4n) is 0.913. The lowest BCUT2D eigenvalue weighted by atomic mass is 10.1. The first-order valence-corrected chi connectivity index (χ1v) is 5.75. The summed E-state index contributed by atoms with van der Waals surface area (Å²) in [5.41, 5.74) is 5.36. The van der Waals surface area contributed by atoms with Crippen LogP contribution in [0.15, 0.2) is 0 Å². The van der Waals surface area contributed by atoms with Gasteiger partial charge in [-0.1, -0.05) is 0 Å². The van der Waals surface area contributed by atoms with E-state index in [1.165, 1.54) is 0 Å². The molecule has 0 atom stereocenters. The van der Waals surface area contributed by atoms with E-state index in [0.717, 1.165) is 14.2 Å². The van der Waals surface area contributed by atoms with Gasteiger partial charge < -0.3 is 25.0 Å². The molecule has 0 saturated carbocycles. The summed E-state index contributed by atoms with van der Waals surface area (Å²) in [5.74, 6) is -1.84. The van der Waals surface area contributed by atoms with E-state index in [1.807, 2.05) is 0 Å². The molecule has 0 heterocycles. The average Bonchev–Trinajstić information content (AvgIpc) is 2.15. The predicted octanol–water partition coefficient (Wildman–Crippen LogP) is -1.05. The molecule has 8 nitrogen and oxygen atoms in total. The smallest absolute Gasteiger partial charge is 0.346 e. The number of methoxy groups -OCH3 is 2. The SMILES string of the molecule is COC(=O)CC(N)(CC(=O)OC)P(=O)(O)O. The predicted molar refractivity (Wildman–Crippen MR) is 52.2 cm³/mol. The van der Waals surface area contributed by atoms with Gasteiger partial charge in [0.2, 0.25) is 0 Å². The zero-order chi connectivity index (χ0) is 13.0. The Hall–Kier alpha value is -0.950. The molecule has 0 amide bonds. The Morgan fingerprint density at radius 3 is 1.69 bits per heavy atom. The summed E-state index contributed by atoms with van der Waals surface area (Å²) in [6.07, 6.45) is -1.55. The Morgan fingerprint density at radius 1 is 1.19 bits per heavy atom. The van der Waals surface area contributed by atoms with Gasteiger partial charge in [0, 0.05) is 0 Å². The van der Waals surface area contributed by atoms with E-state index in [4.69, 9.17) is 15.5 Å². The highest BCUT2D eigenvalue weighted by molar-refractivity contribution is 7.53. The molecule has 0 spiro atoms. The molecule has 0 rings (SSSR count). The Kier molecular flexibility index (Phi) is 5.08. The van der Waals surface area contributed by atoms with Gasteiger partial charge in [-0.15, -0.1) is 0 Å². The van der Waals surface area contributed by atoms with E-state index in [-0.39, 0.29) is 0 Å². The first-order chi connectivity index (χ1) is 7.16. The van der Waals surface area contributed by atoms with Crippen molar-refractivity contribution in [3.05, 3.63) is 0 Å². The number of carbonyl (C=O) groups excluding carboxylic acids is 2. The van der Waals surface area contributed by atoms with Crippen LogP contribution in [0.3, 0.4) is 0 Å². The quantitative estimate of drug-likeness (QED) is 0.418. The van der Waals surface area contributed by atoms with Crippen LogP contribution in [0.5, 0.6) is 0 Å². The maximum absolute atomic E-state index is 11.1. The molecule has 0 aromatic carbocycles. The van der Waals surface area contributed by atoms with E-state index in [9.17, 15) is 14.2 Å². The number of carbonyl (C=O) groups is 2. The van der Waals surface area contributed by atoms with Crippen LogP contribution < -0.4 is 5.73 Å². The van der Waals surface area contributed by atoms with Crippen LogP contribution in [-0.4, -0.2) is 41.2 Å². The normalized spacial score (nSPS) is 12.1. The number of hydrogen-bond acceptors (Lipinski definition) is 6. The lowest BCUT2D eigenvalue weighted by molar-refractivity contribution is -0.144. The number of nitrogens with two attached hydrogens (primary N) is 1. The summed E-state index contributed by atoms with van der Waals surface area (Å²) in [7, 11) is -2.76. The molecule has 0 fully saturated rings. The maximum atomic E-state index is 11.1. The molecular formula is C7H14NO7P. The number of hydrogen-bond donors (Lipinski definition) is 3. The van der Waals surface area contributed by atoms with Crippen LogP contribution in [0.4, 0.5) is 0 Å². The molecule has 0 aliphatic carbocycles. The molecule has 0 aromatic heterocycles. The van der Waals surface area contributed by atoms with Crippen LogP contribution >= 0.6 is 7.60 Å². The minimum atomic E-state index is -4.85. The first-order valence-electron chi connectivity index (χ1n) is 4.14. The van der Waals surface area contributed by atoms with Gasteiger partial charge >= 0.3 is 19.5 Å². The molecule has 4 N–H and O–H groups in total. The zero-order valence-electron chi connectivity index (χ0n) is 8.87. The third-order valence-electron chi connectivity index (χ3n) is 1.94. The molecular weight excluding hydrogens is 241 g/mol. The van der Waals surface area contributed by atoms with Crippen molar-refractivity contribution in [1.82, 2.24) is 0 Å². The van der Waals surface area contributed by atoms with Crippen LogP contribution in [0.25, 0.3) is 0 Å². The zero-order valence-corrected chi connectivity index (χ0v) is 9.77. The molecule has 0 bridgehead atoms. The fraction of sp³-hybridized carbons (Fsp3) is 0.714. The first kappa shape index (κ1) is 15.0. The van der Waals surface area contributed by atoms with Crippen LogP contribution in [0, 0.1) is 0 Å². The fourth-order valence-corrected chi connectivity index (χ4v) is 1.58. The van der Waals surface area contributed by atoms with Crippen molar-refractivity contribution >= 4 is 19.5 Å². The van der Waals surface area contributed by atoms with Crippen molar-refractivity contribution in [2.45, 2.75) is 18.1 Å². The molecule has 0 saturated heterocycles. The summed E-state index contributed by atoms with van der Waals surface area (Å²) in [5, 5.41) is -2.30. The Labute approximate surface area is 91.9 Å². The molecule has 0 aliphatic rings. The number of rotatable bonds is 5. The van der Waals surface area contributed by atoms with Crippen molar-refractivity contribution < 1.29 is 33.4 Å². The van der Waals surface area contributed by atoms with E-state index in [0.29, 0.717) is 0 Å². The highest BCUT2D eigenvalue weighted by atomic mass is 31.2. The molecule has 0 aromatic rings. The third kappa shape index (κ3) is 3.90. The molecule has 16 heavy (non-hydrogen) atoms. The topological polar surface area (TPSA) is 136 Å². The molecule has 0 aliphatic heterocycles. The summed E-state index contributed by atoms with van der Waals surface area (Å²) in [6.45, 7) is 0. The van der Waals surface area contributed by atoms with Crippen molar-refractivity contribution in [1.29, 1.82) is 0 Å². The van der Waals surface area contributed by atoms with E-state index in [2.05, 4.69) is 9.47 Å². The van der Waals surface area contributed by atoms with Gasteiger partial charge in [0.15, 0.2) is 0 Å². The van der Waals surface area contributed by atoms with Gasteiger partial charge in [0.05, 0.1) is 27.1 Å². The van der Waals surface area contributed by atoms with Gasteiger partial charge in [-0.05, 0) is 0 Å². The Bertz CT molecular complexity index is 305. The number of ether oxygens (including phenoxy) is 2. The monoisotopic (exact) mass is 255 g/mol. The second-order valence-corrected chi connectivity index (χ2v) is 5.13. The second-order valence-electron chi connectivity index (χ2n) is 3.15. The van der Waals surface area contributed by atoms with Crippen LogP contribution in [0.2, 0.25) is 0 Å². The maximum Gasteiger partial charge on any atom is 0.346 e. The highest BCUT2D eigenvalue weighted by Crippen LogP contribution is 2.51. The van der Waals surface area contributed by atoms with E-state index in [1.54, 1.807) is 0 Å². The standard InChI is InChI=1S/C7H14NO7P/c1-14-5(9)3-7(8,16(11,12)13)4-6(10)15-2/h3-4,8H2,1-2H3,(H2,11,12,13). The number of esters is 2. The minimum absolute atomic E-state index is 0.775. The van der Waals surface area contributed by atoms with E-state index < -0.39 is 37.7 Å². The Balaban J connectivity index is 4.97. The van der Waals surface area contributed by atoms with Gasteiger partial charge in [-0.2, -0.15) is 0 Å². The summed E-state index contributed by atoms with van der Waals surface area (Å²) >= 11 is 0. The lowest BCUT2D eigenvalue weighted by Gasteiger charge is -2.27. The van der Waals surface area contributed by atoms with Crippen molar-refractivity contribution in [2.75, 3.05) is 14.2 Å². The van der Waals surface area contributed by atoms with Gasteiger partial charge in [0.25, 0.3) is 0 Å². The third-order valence-corrected chi connectivity index (χ3v) is 3.41. The van der Waals surface area contributed by atoms with E-state index >= 15 is 0 Å². The Morgan fingerprint density at radius 2 is 1.50 bits per heavy atom. The summed E-state index contributed by atoms with van der Waals surface area (Å²) in [6, 6.07) is 0. The second kappa shape index (κ2) is 5.40. The molecule has 0 unspecified atom stereocenters. The van der Waals surface area contributed by atoms with Gasteiger partial charge in [-0.25, -0.2) is 0 Å². The lowest BCUT2D eigenvalue weighted by Crippen LogP contribution is -2.44. The average molecular weight is 255 g/mol. The minimum Gasteiger partial charge on any atom is -0.469 e. The molecule has 94 valence electrons. The highest BCUT2D eigenvalue weighted by Gasteiger charge is 2.47. The largest absolute Gasteiger partial charge is 0.469 e. The summed E-state index contributed by atoms with van der Waals surface area (Å²) in [4.78, 5) is 39.9.